The molecule has 1 rings (SSSR count). The lowest BCUT2D eigenvalue weighted by Crippen LogP contribution is -2.19. The Kier molecular flexibility index (Phi) is 3.60. The van der Waals surface area contributed by atoms with Crippen molar-refractivity contribution in [2.24, 2.45) is 5.92 Å². The number of hydrogen-bond acceptors (Lipinski definition) is 2. The Hall–Kier alpha value is -0.340. The zero-order valence-corrected chi connectivity index (χ0v) is 6.83. The molecule has 0 spiro atoms. The van der Waals surface area contributed by atoms with E-state index in [2.05, 4.69) is 6.58 Å². The van der Waals surface area contributed by atoms with Gasteiger partial charge in [-0.2, -0.15) is 0 Å². The van der Waals surface area contributed by atoms with Crippen molar-refractivity contribution in [3.8, 4) is 0 Å². The molecular weight excluding hydrogens is 140 g/mol. The molecule has 1 unspecified atom stereocenters. The van der Waals surface area contributed by atoms with Gasteiger partial charge in [-0.05, 0) is 25.2 Å². The molecule has 2 nitrogen and oxygen atoms in total. The molecule has 0 saturated carbocycles. The topological polar surface area (TPSA) is 29.5 Å². The minimum atomic E-state index is -0.321. The van der Waals surface area contributed by atoms with Crippen molar-refractivity contribution in [1.82, 2.24) is 0 Å². The van der Waals surface area contributed by atoms with E-state index in [1.165, 1.54) is 0 Å². The second kappa shape index (κ2) is 4.52. The van der Waals surface area contributed by atoms with Crippen molar-refractivity contribution in [2.75, 3.05) is 13.2 Å². The van der Waals surface area contributed by atoms with Crippen molar-refractivity contribution in [3.05, 3.63) is 12.7 Å². The molecule has 1 heterocycles. The maximum absolute atomic E-state index is 9.25. The monoisotopic (exact) mass is 156 g/mol. The SMILES string of the molecule is C=CC(O)CC1CCOCC1. The quantitative estimate of drug-likeness (QED) is 0.625. The standard InChI is InChI=1S/C9H16O2/c1-2-9(10)7-8-3-5-11-6-4-8/h2,8-10H,1,3-7H2. The zero-order chi connectivity index (χ0) is 8.10. The van der Waals surface area contributed by atoms with Gasteiger partial charge >= 0.3 is 0 Å². The molecule has 11 heavy (non-hydrogen) atoms. The van der Waals surface area contributed by atoms with Crippen LogP contribution in [0.5, 0.6) is 0 Å². The molecule has 1 fully saturated rings. The van der Waals surface area contributed by atoms with Crippen molar-refractivity contribution < 1.29 is 9.84 Å². The molecule has 0 aromatic carbocycles. The lowest BCUT2D eigenvalue weighted by atomic mass is 9.94. The third-order valence-electron chi connectivity index (χ3n) is 2.19. The Morgan fingerprint density at radius 2 is 2.18 bits per heavy atom. The average molecular weight is 156 g/mol. The van der Waals surface area contributed by atoms with Crippen LogP contribution in [0.4, 0.5) is 0 Å². The Labute approximate surface area is 67.9 Å². The number of hydrogen-bond donors (Lipinski definition) is 1. The van der Waals surface area contributed by atoms with Crippen LogP contribution < -0.4 is 0 Å². The summed E-state index contributed by atoms with van der Waals surface area (Å²) in [7, 11) is 0. The molecule has 1 aliphatic rings. The van der Waals surface area contributed by atoms with E-state index < -0.39 is 0 Å². The summed E-state index contributed by atoms with van der Waals surface area (Å²) in [5, 5.41) is 9.25. The minimum Gasteiger partial charge on any atom is -0.389 e. The second-order valence-electron chi connectivity index (χ2n) is 3.09. The summed E-state index contributed by atoms with van der Waals surface area (Å²) >= 11 is 0. The number of ether oxygens (including phenoxy) is 1. The molecule has 0 aliphatic carbocycles. The van der Waals surface area contributed by atoms with Crippen LogP contribution in [-0.4, -0.2) is 24.4 Å². The molecule has 0 bridgehead atoms. The molecular formula is C9H16O2. The maximum atomic E-state index is 9.25. The molecule has 0 aromatic rings. The minimum absolute atomic E-state index is 0.321. The molecule has 1 aliphatic heterocycles. The Morgan fingerprint density at radius 1 is 1.55 bits per heavy atom. The first-order chi connectivity index (χ1) is 5.33. The van der Waals surface area contributed by atoms with Crippen LogP contribution in [0.25, 0.3) is 0 Å². The first-order valence-corrected chi connectivity index (χ1v) is 4.21. The Bertz CT molecular complexity index is 117. The molecule has 1 N–H and O–H groups in total. The van der Waals surface area contributed by atoms with Crippen molar-refractivity contribution in [1.29, 1.82) is 0 Å². The van der Waals surface area contributed by atoms with Gasteiger partial charge in [-0.3, -0.25) is 0 Å². The molecule has 1 saturated heterocycles. The summed E-state index contributed by atoms with van der Waals surface area (Å²) in [5.74, 6) is 0.636. The summed E-state index contributed by atoms with van der Waals surface area (Å²) in [5.41, 5.74) is 0. The normalized spacial score (nSPS) is 23.0. The van der Waals surface area contributed by atoms with Crippen LogP contribution >= 0.6 is 0 Å². The van der Waals surface area contributed by atoms with Gasteiger partial charge in [0.25, 0.3) is 0 Å². The first kappa shape index (κ1) is 8.75. The van der Waals surface area contributed by atoms with E-state index in [4.69, 9.17) is 4.74 Å². The molecule has 2 heteroatoms. The lowest BCUT2D eigenvalue weighted by Gasteiger charge is -2.22. The van der Waals surface area contributed by atoms with E-state index in [1.807, 2.05) is 0 Å². The van der Waals surface area contributed by atoms with Gasteiger partial charge in [-0.1, -0.05) is 6.08 Å². The molecule has 1 atom stereocenters. The summed E-state index contributed by atoms with van der Waals surface area (Å²) in [6, 6.07) is 0. The first-order valence-electron chi connectivity index (χ1n) is 4.21. The highest BCUT2D eigenvalue weighted by molar-refractivity contribution is 4.80. The number of aliphatic hydroxyl groups is 1. The molecule has 0 aromatic heterocycles. The summed E-state index contributed by atoms with van der Waals surface area (Å²) < 4.78 is 5.21. The fraction of sp³-hybridized carbons (Fsp3) is 0.778. The highest BCUT2D eigenvalue weighted by Crippen LogP contribution is 2.20. The second-order valence-corrected chi connectivity index (χ2v) is 3.09. The Morgan fingerprint density at radius 3 is 2.73 bits per heavy atom. The van der Waals surface area contributed by atoms with E-state index in [9.17, 15) is 5.11 Å². The maximum Gasteiger partial charge on any atom is 0.0721 e. The van der Waals surface area contributed by atoms with Gasteiger partial charge in [0.2, 0.25) is 0 Å². The summed E-state index contributed by atoms with van der Waals surface area (Å²) in [4.78, 5) is 0. The van der Waals surface area contributed by atoms with Crippen molar-refractivity contribution in [2.45, 2.75) is 25.4 Å². The fourth-order valence-corrected chi connectivity index (χ4v) is 1.42. The highest BCUT2D eigenvalue weighted by atomic mass is 16.5. The smallest absolute Gasteiger partial charge is 0.0721 e. The third-order valence-corrected chi connectivity index (χ3v) is 2.19. The van der Waals surface area contributed by atoms with Crippen LogP contribution in [-0.2, 0) is 4.74 Å². The zero-order valence-electron chi connectivity index (χ0n) is 6.83. The van der Waals surface area contributed by atoms with Crippen LogP contribution in [0.1, 0.15) is 19.3 Å². The predicted octanol–water partition coefficient (Wildman–Crippen LogP) is 1.35. The van der Waals surface area contributed by atoms with E-state index in [1.54, 1.807) is 6.08 Å². The molecule has 0 amide bonds. The molecule has 64 valence electrons. The van der Waals surface area contributed by atoms with Crippen LogP contribution in [0.2, 0.25) is 0 Å². The summed E-state index contributed by atoms with van der Waals surface area (Å²) in [6.45, 7) is 5.26. The van der Waals surface area contributed by atoms with Crippen LogP contribution in [0.3, 0.4) is 0 Å². The largest absolute Gasteiger partial charge is 0.389 e. The van der Waals surface area contributed by atoms with E-state index in [0.717, 1.165) is 32.5 Å². The van der Waals surface area contributed by atoms with Gasteiger partial charge in [-0.15, -0.1) is 6.58 Å². The van der Waals surface area contributed by atoms with E-state index in [0.29, 0.717) is 5.92 Å². The van der Waals surface area contributed by atoms with Gasteiger partial charge in [-0.25, -0.2) is 0 Å². The van der Waals surface area contributed by atoms with Gasteiger partial charge in [0.15, 0.2) is 0 Å². The summed E-state index contributed by atoms with van der Waals surface area (Å²) in [6.07, 6.45) is 4.32. The third kappa shape index (κ3) is 3.04. The fourth-order valence-electron chi connectivity index (χ4n) is 1.42. The predicted molar refractivity (Wildman–Crippen MR) is 44.4 cm³/mol. The van der Waals surface area contributed by atoms with Gasteiger partial charge in [0.1, 0.15) is 0 Å². The Balaban J connectivity index is 2.18. The van der Waals surface area contributed by atoms with Gasteiger partial charge in [0, 0.05) is 13.2 Å². The van der Waals surface area contributed by atoms with Crippen molar-refractivity contribution >= 4 is 0 Å². The highest BCUT2D eigenvalue weighted by Gasteiger charge is 2.15. The van der Waals surface area contributed by atoms with Crippen LogP contribution in [0, 0.1) is 5.92 Å². The lowest BCUT2D eigenvalue weighted by molar-refractivity contribution is 0.0510. The van der Waals surface area contributed by atoms with Gasteiger partial charge < -0.3 is 9.84 Å². The van der Waals surface area contributed by atoms with Gasteiger partial charge in [0.05, 0.1) is 6.10 Å². The van der Waals surface area contributed by atoms with Crippen LogP contribution in [0.15, 0.2) is 12.7 Å². The molecule has 0 radical (unpaired) electrons. The van der Waals surface area contributed by atoms with E-state index in [-0.39, 0.29) is 6.10 Å². The average Bonchev–Trinajstić information content (AvgIpc) is 2.06. The number of rotatable bonds is 3. The number of aliphatic hydroxyl groups excluding tert-OH is 1. The van der Waals surface area contributed by atoms with E-state index >= 15 is 0 Å². The van der Waals surface area contributed by atoms with Crippen molar-refractivity contribution in [3.63, 3.8) is 0 Å².